The number of piperidine rings is 1. The van der Waals surface area contributed by atoms with Gasteiger partial charge in [0.15, 0.2) is 0 Å². The number of nitrogens with two attached hydrogens (primary N) is 1. The highest BCUT2D eigenvalue weighted by Gasteiger charge is 2.22. The van der Waals surface area contributed by atoms with E-state index in [1.165, 1.54) is 0 Å². The van der Waals surface area contributed by atoms with Crippen molar-refractivity contribution in [2.45, 2.75) is 31.8 Å². The van der Waals surface area contributed by atoms with E-state index >= 15 is 0 Å². The molecule has 1 fully saturated rings. The fourth-order valence-corrected chi connectivity index (χ4v) is 1.77. The summed E-state index contributed by atoms with van der Waals surface area (Å²) >= 11 is 0. The van der Waals surface area contributed by atoms with Crippen molar-refractivity contribution in [3.8, 4) is 0 Å². The normalized spacial score (nSPS) is 22.4. The molecule has 1 unspecified atom stereocenters. The molecule has 0 aromatic heterocycles. The lowest BCUT2D eigenvalue weighted by molar-refractivity contribution is -0.134. The van der Waals surface area contributed by atoms with E-state index in [4.69, 9.17) is 10.5 Å². The summed E-state index contributed by atoms with van der Waals surface area (Å²) in [6.07, 6.45) is 3.70. The molecule has 1 atom stereocenters. The van der Waals surface area contributed by atoms with Crippen molar-refractivity contribution < 1.29 is 9.53 Å². The van der Waals surface area contributed by atoms with Crippen molar-refractivity contribution >= 4 is 5.91 Å². The van der Waals surface area contributed by atoms with Crippen LogP contribution in [-0.4, -0.2) is 43.7 Å². The van der Waals surface area contributed by atoms with Gasteiger partial charge in [-0.3, -0.25) is 4.79 Å². The number of ether oxygens (including phenoxy) is 1. The van der Waals surface area contributed by atoms with Crippen LogP contribution in [0, 0.1) is 0 Å². The number of nitrogens with zero attached hydrogens (tertiary/aromatic N) is 1. The second kappa shape index (κ2) is 5.98. The standard InChI is InChI=1S/C10H20N2O2/c1-14-9-4-3-7-12(8-9)10(13)5-2-6-11/h9H,2-8,11H2,1H3. The van der Waals surface area contributed by atoms with Crippen LogP contribution in [0.2, 0.25) is 0 Å². The third-order valence-electron chi connectivity index (χ3n) is 2.66. The van der Waals surface area contributed by atoms with Crippen LogP contribution in [-0.2, 0) is 9.53 Å². The lowest BCUT2D eigenvalue weighted by Crippen LogP contribution is -2.42. The minimum Gasteiger partial charge on any atom is -0.380 e. The van der Waals surface area contributed by atoms with Crippen LogP contribution >= 0.6 is 0 Å². The summed E-state index contributed by atoms with van der Waals surface area (Å²) in [4.78, 5) is 13.5. The summed E-state index contributed by atoms with van der Waals surface area (Å²) in [5.41, 5.74) is 5.36. The lowest BCUT2D eigenvalue weighted by atomic mass is 10.1. The highest BCUT2D eigenvalue weighted by molar-refractivity contribution is 5.76. The van der Waals surface area contributed by atoms with Crippen molar-refractivity contribution in [2.24, 2.45) is 5.73 Å². The van der Waals surface area contributed by atoms with Crippen molar-refractivity contribution in [3.63, 3.8) is 0 Å². The predicted octanol–water partition coefficient (Wildman–Crippen LogP) is 0.363. The topological polar surface area (TPSA) is 55.6 Å². The maximum absolute atomic E-state index is 11.6. The van der Waals surface area contributed by atoms with E-state index < -0.39 is 0 Å². The zero-order valence-corrected chi connectivity index (χ0v) is 8.87. The SMILES string of the molecule is COC1CCCN(C(=O)CCCN)C1. The summed E-state index contributed by atoms with van der Waals surface area (Å²) in [5.74, 6) is 0.220. The zero-order chi connectivity index (χ0) is 10.4. The van der Waals surface area contributed by atoms with Crippen molar-refractivity contribution in [1.29, 1.82) is 0 Å². The highest BCUT2D eigenvalue weighted by atomic mass is 16.5. The fourth-order valence-electron chi connectivity index (χ4n) is 1.77. The van der Waals surface area contributed by atoms with Gasteiger partial charge in [-0.25, -0.2) is 0 Å². The Morgan fingerprint density at radius 1 is 1.64 bits per heavy atom. The molecule has 0 aromatic carbocycles. The van der Waals surface area contributed by atoms with Crippen LogP contribution in [0.15, 0.2) is 0 Å². The van der Waals surface area contributed by atoms with E-state index in [-0.39, 0.29) is 12.0 Å². The van der Waals surface area contributed by atoms with Crippen LogP contribution in [0.3, 0.4) is 0 Å². The number of rotatable bonds is 4. The number of hydrogen-bond donors (Lipinski definition) is 1. The first-order valence-electron chi connectivity index (χ1n) is 5.28. The molecule has 0 bridgehead atoms. The van der Waals surface area contributed by atoms with Crippen LogP contribution in [0.5, 0.6) is 0 Å². The summed E-state index contributed by atoms with van der Waals surface area (Å²) in [6.45, 7) is 2.22. The summed E-state index contributed by atoms with van der Waals surface area (Å²) in [5, 5.41) is 0. The van der Waals surface area contributed by atoms with Gasteiger partial charge in [0.05, 0.1) is 6.10 Å². The molecule has 0 saturated carbocycles. The Morgan fingerprint density at radius 3 is 3.07 bits per heavy atom. The van der Waals surface area contributed by atoms with E-state index in [0.717, 1.165) is 32.4 Å². The maximum Gasteiger partial charge on any atom is 0.222 e. The Labute approximate surface area is 85.4 Å². The molecule has 0 spiro atoms. The monoisotopic (exact) mass is 200 g/mol. The minimum atomic E-state index is 0.220. The van der Waals surface area contributed by atoms with Crippen molar-refractivity contribution in [3.05, 3.63) is 0 Å². The van der Waals surface area contributed by atoms with Crippen molar-refractivity contribution in [2.75, 3.05) is 26.7 Å². The van der Waals surface area contributed by atoms with E-state index in [1.54, 1.807) is 7.11 Å². The van der Waals surface area contributed by atoms with Gasteiger partial charge in [-0.05, 0) is 25.8 Å². The molecule has 82 valence electrons. The molecule has 1 aliphatic heterocycles. The van der Waals surface area contributed by atoms with Gasteiger partial charge in [-0.15, -0.1) is 0 Å². The van der Waals surface area contributed by atoms with Crippen molar-refractivity contribution in [1.82, 2.24) is 4.90 Å². The number of carbonyl (C=O) groups is 1. The van der Waals surface area contributed by atoms with E-state index in [9.17, 15) is 4.79 Å². The molecule has 0 aromatic rings. The Hall–Kier alpha value is -0.610. The molecule has 1 heterocycles. The molecular weight excluding hydrogens is 180 g/mol. The van der Waals surface area contributed by atoms with Gasteiger partial charge in [0.2, 0.25) is 5.91 Å². The number of likely N-dealkylation sites (tertiary alicyclic amines) is 1. The van der Waals surface area contributed by atoms with Gasteiger partial charge in [0.25, 0.3) is 0 Å². The first kappa shape index (κ1) is 11.5. The molecule has 1 aliphatic rings. The third-order valence-corrected chi connectivity index (χ3v) is 2.66. The van der Waals surface area contributed by atoms with E-state index in [1.807, 2.05) is 4.90 Å². The largest absolute Gasteiger partial charge is 0.380 e. The van der Waals surface area contributed by atoms with E-state index in [0.29, 0.717) is 13.0 Å². The fraction of sp³-hybridized carbons (Fsp3) is 0.900. The maximum atomic E-state index is 11.6. The van der Waals surface area contributed by atoms with Gasteiger partial charge < -0.3 is 15.4 Å². The van der Waals surface area contributed by atoms with Gasteiger partial charge in [-0.1, -0.05) is 0 Å². The van der Waals surface area contributed by atoms with Crippen LogP contribution in [0.25, 0.3) is 0 Å². The Morgan fingerprint density at radius 2 is 2.43 bits per heavy atom. The molecule has 1 rings (SSSR count). The zero-order valence-electron chi connectivity index (χ0n) is 8.87. The average molecular weight is 200 g/mol. The van der Waals surface area contributed by atoms with Gasteiger partial charge >= 0.3 is 0 Å². The lowest BCUT2D eigenvalue weighted by Gasteiger charge is -2.32. The minimum absolute atomic E-state index is 0.220. The number of methoxy groups -OCH3 is 1. The second-order valence-electron chi connectivity index (χ2n) is 3.73. The molecule has 2 N–H and O–H groups in total. The molecular formula is C10H20N2O2. The molecule has 0 radical (unpaired) electrons. The number of amides is 1. The summed E-state index contributed by atoms with van der Waals surface area (Å²) in [6, 6.07) is 0. The van der Waals surface area contributed by atoms with Crippen LogP contribution in [0.1, 0.15) is 25.7 Å². The van der Waals surface area contributed by atoms with E-state index in [2.05, 4.69) is 0 Å². The molecule has 1 amide bonds. The molecule has 14 heavy (non-hydrogen) atoms. The predicted molar refractivity (Wildman–Crippen MR) is 54.9 cm³/mol. The Balaban J connectivity index is 2.31. The first-order chi connectivity index (χ1) is 6.77. The summed E-state index contributed by atoms with van der Waals surface area (Å²) in [7, 11) is 1.71. The molecule has 4 nitrogen and oxygen atoms in total. The highest BCUT2D eigenvalue weighted by Crippen LogP contribution is 2.13. The number of carbonyl (C=O) groups excluding carboxylic acids is 1. The quantitative estimate of drug-likeness (QED) is 0.713. The summed E-state index contributed by atoms with van der Waals surface area (Å²) < 4.78 is 5.26. The first-order valence-corrected chi connectivity index (χ1v) is 5.28. The Kier molecular flexibility index (Phi) is 4.90. The third kappa shape index (κ3) is 3.27. The van der Waals surface area contributed by atoms with Gasteiger partial charge in [0, 0.05) is 26.6 Å². The molecule has 1 saturated heterocycles. The molecule has 0 aliphatic carbocycles. The smallest absolute Gasteiger partial charge is 0.222 e. The van der Waals surface area contributed by atoms with Gasteiger partial charge in [-0.2, -0.15) is 0 Å². The molecule has 4 heteroatoms. The van der Waals surface area contributed by atoms with Crippen LogP contribution in [0.4, 0.5) is 0 Å². The Bertz CT molecular complexity index is 185. The number of hydrogen-bond acceptors (Lipinski definition) is 3. The van der Waals surface area contributed by atoms with Gasteiger partial charge in [0.1, 0.15) is 0 Å². The second-order valence-corrected chi connectivity index (χ2v) is 3.73. The average Bonchev–Trinajstić information content (AvgIpc) is 2.26. The van der Waals surface area contributed by atoms with Crippen LogP contribution < -0.4 is 5.73 Å².